The molecule has 0 aliphatic rings. The van der Waals surface area contributed by atoms with Crippen molar-refractivity contribution in [3.8, 4) is 6.07 Å². The van der Waals surface area contributed by atoms with E-state index in [4.69, 9.17) is 10.00 Å². The summed E-state index contributed by atoms with van der Waals surface area (Å²) in [6.07, 6.45) is 0.506. The van der Waals surface area contributed by atoms with Gasteiger partial charge in [-0.15, -0.1) is 0 Å². The highest BCUT2D eigenvalue weighted by molar-refractivity contribution is 5.20. The second-order valence-electron chi connectivity index (χ2n) is 4.61. The lowest BCUT2D eigenvalue weighted by Gasteiger charge is -2.33. The minimum atomic E-state index is 0.145. The van der Waals surface area contributed by atoms with Gasteiger partial charge in [-0.25, -0.2) is 0 Å². The smallest absolute Gasteiger partial charge is 0.0641 e. The Balaban J connectivity index is 2.90. The van der Waals surface area contributed by atoms with E-state index < -0.39 is 0 Å². The topological polar surface area (TPSA) is 36.3 Å². The highest BCUT2D eigenvalue weighted by atomic mass is 16.5. The van der Waals surface area contributed by atoms with E-state index in [1.165, 1.54) is 5.56 Å². The van der Waals surface area contributed by atoms with Crippen molar-refractivity contribution in [2.45, 2.75) is 32.4 Å². The highest BCUT2D eigenvalue weighted by Gasteiger charge is 2.22. The Morgan fingerprint density at radius 1 is 1.28 bits per heavy atom. The molecule has 0 bridgehead atoms. The molecule has 0 saturated heterocycles. The summed E-state index contributed by atoms with van der Waals surface area (Å²) in [5.41, 5.74) is 1.20. The van der Waals surface area contributed by atoms with Crippen molar-refractivity contribution >= 4 is 0 Å². The summed E-state index contributed by atoms with van der Waals surface area (Å²) in [5, 5.41) is 9.05. The van der Waals surface area contributed by atoms with Crippen LogP contribution >= 0.6 is 0 Å². The number of ether oxygens (including phenoxy) is 1. The minimum absolute atomic E-state index is 0.145. The van der Waals surface area contributed by atoms with Crippen LogP contribution in [-0.2, 0) is 4.74 Å². The van der Waals surface area contributed by atoms with Gasteiger partial charge in [-0.3, -0.25) is 4.90 Å². The number of benzene rings is 1. The zero-order valence-electron chi connectivity index (χ0n) is 11.5. The first kappa shape index (κ1) is 14.7. The van der Waals surface area contributed by atoms with Crippen LogP contribution in [0.4, 0.5) is 0 Å². The molecule has 3 heteroatoms. The summed E-state index contributed by atoms with van der Waals surface area (Å²) in [4.78, 5) is 2.32. The number of hydrogen-bond acceptors (Lipinski definition) is 3. The predicted octanol–water partition coefficient (Wildman–Crippen LogP) is 3.00. The van der Waals surface area contributed by atoms with Crippen LogP contribution in [0.1, 0.15) is 31.9 Å². The third-order valence-electron chi connectivity index (χ3n) is 3.09. The van der Waals surface area contributed by atoms with Crippen LogP contribution in [0.3, 0.4) is 0 Å². The average molecular weight is 246 g/mol. The van der Waals surface area contributed by atoms with Crippen LogP contribution < -0.4 is 0 Å². The third-order valence-corrected chi connectivity index (χ3v) is 3.09. The molecule has 1 aromatic carbocycles. The van der Waals surface area contributed by atoms with Gasteiger partial charge in [-0.2, -0.15) is 5.26 Å². The normalized spacial score (nSPS) is 12.7. The van der Waals surface area contributed by atoms with Crippen molar-refractivity contribution in [3.05, 3.63) is 35.9 Å². The van der Waals surface area contributed by atoms with Crippen LogP contribution in [0.5, 0.6) is 0 Å². The summed E-state index contributed by atoms with van der Waals surface area (Å²) in [6, 6.07) is 13.0. The summed E-state index contributed by atoms with van der Waals surface area (Å²) in [7, 11) is 1.71. The zero-order chi connectivity index (χ0) is 13.4. The van der Waals surface area contributed by atoms with Crippen molar-refractivity contribution in [1.29, 1.82) is 5.26 Å². The maximum Gasteiger partial charge on any atom is 0.0641 e. The molecule has 0 heterocycles. The molecule has 1 aromatic rings. The quantitative estimate of drug-likeness (QED) is 0.742. The Labute approximate surface area is 110 Å². The molecular weight excluding hydrogens is 224 g/mol. The molecular formula is C15H22N2O. The molecule has 18 heavy (non-hydrogen) atoms. The van der Waals surface area contributed by atoms with E-state index in [-0.39, 0.29) is 6.04 Å². The van der Waals surface area contributed by atoms with Gasteiger partial charge in [0.1, 0.15) is 0 Å². The van der Waals surface area contributed by atoms with Crippen LogP contribution in [0, 0.1) is 11.3 Å². The summed E-state index contributed by atoms with van der Waals surface area (Å²) >= 11 is 0. The number of nitriles is 1. The van der Waals surface area contributed by atoms with E-state index in [2.05, 4.69) is 36.9 Å². The van der Waals surface area contributed by atoms with Crippen LogP contribution in [0.25, 0.3) is 0 Å². The molecule has 0 aliphatic heterocycles. The summed E-state index contributed by atoms with van der Waals surface area (Å²) < 4.78 is 5.16. The molecule has 1 atom stereocenters. The minimum Gasteiger partial charge on any atom is -0.383 e. The van der Waals surface area contributed by atoms with Crippen LogP contribution in [-0.4, -0.2) is 31.2 Å². The lowest BCUT2D eigenvalue weighted by Crippen LogP contribution is -2.37. The monoisotopic (exact) mass is 246 g/mol. The summed E-state index contributed by atoms with van der Waals surface area (Å²) in [5.74, 6) is 0. The Bertz CT molecular complexity index is 370. The maximum absolute atomic E-state index is 9.05. The molecule has 1 rings (SSSR count). The largest absolute Gasteiger partial charge is 0.383 e. The zero-order valence-corrected chi connectivity index (χ0v) is 11.5. The molecule has 0 amide bonds. The first-order valence-electron chi connectivity index (χ1n) is 6.37. The van der Waals surface area contributed by atoms with E-state index in [0.29, 0.717) is 19.1 Å². The first-order valence-corrected chi connectivity index (χ1v) is 6.37. The van der Waals surface area contributed by atoms with Gasteiger partial charge in [-0.1, -0.05) is 30.3 Å². The first-order chi connectivity index (χ1) is 8.70. The Kier molecular flexibility index (Phi) is 6.42. The van der Waals surface area contributed by atoms with Gasteiger partial charge in [0.05, 0.1) is 19.1 Å². The predicted molar refractivity (Wildman–Crippen MR) is 73.1 cm³/mol. The Hall–Kier alpha value is -1.37. The highest BCUT2D eigenvalue weighted by Crippen LogP contribution is 2.25. The maximum atomic E-state index is 9.05. The van der Waals surface area contributed by atoms with Gasteiger partial charge in [0.15, 0.2) is 0 Å². The van der Waals surface area contributed by atoms with Crippen molar-refractivity contribution in [1.82, 2.24) is 4.90 Å². The fourth-order valence-electron chi connectivity index (χ4n) is 2.16. The standard InChI is InChI=1S/C15H22N2O/c1-13(2)17(11-12-18-3)15(9-10-16)14-7-5-4-6-8-14/h4-8,13,15H,9,11-12H2,1-3H3. The molecule has 0 saturated carbocycles. The molecule has 0 N–H and O–H groups in total. The molecule has 0 spiro atoms. The van der Waals surface area contributed by atoms with E-state index >= 15 is 0 Å². The van der Waals surface area contributed by atoms with Crippen LogP contribution in [0.2, 0.25) is 0 Å². The Morgan fingerprint density at radius 2 is 1.94 bits per heavy atom. The number of rotatable bonds is 7. The molecule has 0 fully saturated rings. The fourth-order valence-corrected chi connectivity index (χ4v) is 2.16. The van der Waals surface area contributed by atoms with E-state index in [1.807, 2.05) is 18.2 Å². The third kappa shape index (κ3) is 4.14. The van der Waals surface area contributed by atoms with Gasteiger partial charge in [0, 0.05) is 25.7 Å². The van der Waals surface area contributed by atoms with Crippen molar-refractivity contribution < 1.29 is 4.74 Å². The van der Waals surface area contributed by atoms with Crippen molar-refractivity contribution in [2.24, 2.45) is 0 Å². The fraction of sp³-hybridized carbons (Fsp3) is 0.533. The van der Waals surface area contributed by atoms with Gasteiger partial charge in [0.2, 0.25) is 0 Å². The molecule has 0 aromatic heterocycles. The SMILES string of the molecule is COCCN(C(C)C)C(CC#N)c1ccccc1. The number of methoxy groups -OCH3 is 1. The van der Waals surface area contributed by atoms with E-state index in [1.54, 1.807) is 7.11 Å². The Morgan fingerprint density at radius 3 is 2.44 bits per heavy atom. The van der Waals surface area contributed by atoms with Crippen molar-refractivity contribution in [2.75, 3.05) is 20.3 Å². The molecule has 0 aliphatic carbocycles. The van der Waals surface area contributed by atoms with Gasteiger partial charge >= 0.3 is 0 Å². The van der Waals surface area contributed by atoms with E-state index in [0.717, 1.165) is 6.54 Å². The number of hydrogen-bond donors (Lipinski definition) is 0. The molecule has 1 unspecified atom stereocenters. The van der Waals surface area contributed by atoms with Gasteiger partial charge in [0.25, 0.3) is 0 Å². The summed E-state index contributed by atoms with van der Waals surface area (Å²) in [6.45, 7) is 5.84. The van der Waals surface area contributed by atoms with Crippen LogP contribution in [0.15, 0.2) is 30.3 Å². The van der Waals surface area contributed by atoms with Crippen molar-refractivity contribution in [3.63, 3.8) is 0 Å². The second kappa shape index (κ2) is 7.86. The van der Waals surface area contributed by atoms with Gasteiger partial charge in [-0.05, 0) is 19.4 Å². The van der Waals surface area contributed by atoms with Gasteiger partial charge < -0.3 is 4.74 Å². The lowest BCUT2D eigenvalue weighted by molar-refractivity contribution is 0.0966. The molecule has 98 valence electrons. The number of nitrogens with zero attached hydrogens (tertiary/aromatic N) is 2. The lowest BCUT2D eigenvalue weighted by atomic mass is 10.0. The molecule has 3 nitrogen and oxygen atoms in total. The van der Waals surface area contributed by atoms with E-state index in [9.17, 15) is 0 Å². The molecule has 0 radical (unpaired) electrons. The average Bonchev–Trinajstić information content (AvgIpc) is 2.38. The second-order valence-corrected chi connectivity index (χ2v) is 4.61.